The van der Waals surface area contributed by atoms with Crippen LogP contribution in [0.25, 0.3) is 0 Å². The molecule has 0 atom stereocenters. The first kappa shape index (κ1) is 16.7. The summed E-state index contributed by atoms with van der Waals surface area (Å²) in [4.78, 5) is 11.8. The maximum absolute atomic E-state index is 11.8. The molecule has 23 heavy (non-hydrogen) atoms. The van der Waals surface area contributed by atoms with Crippen molar-refractivity contribution in [3.63, 3.8) is 0 Å². The highest BCUT2D eigenvalue weighted by Crippen LogP contribution is 2.19. The van der Waals surface area contributed by atoms with Crippen molar-refractivity contribution >= 4 is 11.7 Å². The summed E-state index contributed by atoms with van der Waals surface area (Å²) >= 11 is 0. The van der Waals surface area contributed by atoms with Crippen LogP contribution in [0.3, 0.4) is 0 Å². The van der Waals surface area contributed by atoms with E-state index in [0.29, 0.717) is 11.4 Å². The standard InChI is InChI=1S/C18H22N2O3/c1-3-4-14-5-8-16(9-6-14)23-12-19-18(22)20-17-10-7-15(21)11-13(17)2/h5-11,21H,3-4,12H2,1-2H3,(H2,19,20,22). The van der Waals surface area contributed by atoms with Gasteiger partial charge in [-0.15, -0.1) is 0 Å². The first-order valence-electron chi connectivity index (χ1n) is 7.64. The number of anilines is 1. The van der Waals surface area contributed by atoms with E-state index in [0.717, 1.165) is 18.4 Å². The summed E-state index contributed by atoms with van der Waals surface area (Å²) in [6.45, 7) is 4.03. The number of nitrogens with one attached hydrogen (secondary N) is 2. The van der Waals surface area contributed by atoms with E-state index >= 15 is 0 Å². The minimum absolute atomic E-state index is 0.0795. The summed E-state index contributed by atoms with van der Waals surface area (Å²) in [5, 5.41) is 14.7. The third-order valence-electron chi connectivity index (χ3n) is 3.39. The van der Waals surface area contributed by atoms with Gasteiger partial charge >= 0.3 is 6.03 Å². The van der Waals surface area contributed by atoms with Crippen molar-refractivity contribution in [2.75, 3.05) is 12.0 Å². The summed E-state index contributed by atoms with van der Waals surface area (Å²) in [7, 11) is 0. The van der Waals surface area contributed by atoms with Crippen LogP contribution in [-0.2, 0) is 6.42 Å². The number of phenolic OH excluding ortho intramolecular Hbond substituents is 1. The van der Waals surface area contributed by atoms with Gasteiger partial charge in [0.1, 0.15) is 11.5 Å². The zero-order valence-electron chi connectivity index (χ0n) is 13.4. The van der Waals surface area contributed by atoms with Gasteiger partial charge in [-0.05, 0) is 54.8 Å². The third-order valence-corrected chi connectivity index (χ3v) is 3.39. The minimum Gasteiger partial charge on any atom is -0.508 e. The van der Waals surface area contributed by atoms with Gasteiger partial charge in [-0.25, -0.2) is 4.79 Å². The van der Waals surface area contributed by atoms with Gasteiger partial charge in [0, 0.05) is 5.69 Å². The number of aryl methyl sites for hydroxylation is 2. The van der Waals surface area contributed by atoms with E-state index in [-0.39, 0.29) is 18.5 Å². The van der Waals surface area contributed by atoms with Gasteiger partial charge in [0.25, 0.3) is 0 Å². The average Bonchev–Trinajstić information content (AvgIpc) is 2.52. The zero-order chi connectivity index (χ0) is 16.7. The molecule has 0 saturated carbocycles. The molecule has 122 valence electrons. The molecule has 0 unspecified atom stereocenters. The number of benzene rings is 2. The van der Waals surface area contributed by atoms with E-state index in [1.807, 2.05) is 31.2 Å². The van der Waals surface area contributed by atoms with Gasteiger partial charge in [-0.1, -0.05) is 25.5 Å². The van der Waals surface area contributed by atoms with Gasteiger partial charge in [-0.2, -0.15) is 0 Å². The first-order chi connectivity index (χ1) is 11.1. The molecule has 0 aliphatic heterocycles. The molecule has 0 spiro atoms. The minimum atomic E-state index is -0.360. The molecule has 0 aromatic heterocycles. The first-order valence-corrected chi connectivity index (χ1v) is 7.64. The second-order valence-electron chi connectivity index (χ2n) is 5.31. The molecule has 0 fully saturated rings. The Bertz CT molecular complexity index is 654. The van der Waals surface area contributed by atoms with Crippen molar-refractivity contribution in [2.24, 2.45) is 0 Å². The van der Waals surface area contributed by atoms with E-state index in [9.17, 15) is 9.90 Å². The molecule has 2 amide bonds. The summed E-state index contributed by atoms with van der Waals surface area (Å²) in [5.74, 6) is 0.884. The van der Waals surface area contributed by atoms with E-state index in [1.165, 1.54) is 11.6 Å². The molecule has 0 bridgehead atoms. The molecule has 2 aromatic rings. The molecule has 5 heteroatoms. The van der Waals surface area contributed by atoms with Crippen LogP contribution in [0.15, 0.2) is 42.5 Å². The normalized spacial score (nSPS) is 10.2. The number of ether oxygens (including phenoxy) is 1. The van der Waals surface area contributed by atoms with Crippen LogP contribution in [0.5, 0.6) is 11.5 Å². The lowest BCUT2D eigenvalue weighted by atomic mass is 10.1. The topological polar surface area (TPSA) is 70.6 Å². The highest BCUT2D eigenvalue weighted by Gasteiger charge is 2.05. The van der Waals surface area contributed by atoms with Crippen LogP contribution in [-0.4, -0.2) is 17.9 Å². The Morgan fingerprint density at radius 3 is 2.57 bits per heavy atom. The molecule has 3 N–H and O–H groups in total. The Kier molecular flexibility index (Phi) is 5.86. The fourth-order valence-electron chi connectivity index (χ4n) is 2.18. The molecular weight excluding hydrogens is 292 g/mol. The van der Waals surface area contributed by atoms with E-state index in [2.05, 4.69) is 17.6 Å². The molecule has 0 aliphatic rings. The number of carbonyl (C=O) groups excluding carboxylic acids is 1. The number of aromatic hydroxyl groups is 1. The smallest absolute Gasteiger partial charge is 0.321 e. The molecular formula is C18H22N2O3. The summed E-state index contributed by atoms with van der Waals surface area (Å²) in [5.41, 5.74) is 2.70. The van der Waals surface area contributed by atoms with Gasteiger partial charge in [-0.3, -0.25) is 0 Å². The van der Waals surface area contributed by atoms with Crippen LogP contribution in [0.2, 0.25) is 0 Å². The fraction of sp³-hybridized carbons (Fsp3) is 0.278. The summed E-state index contributed by atoms with van der Waals surface area (Å²) < 4.78 is 5.48. The molecule has 5 nitrogen and oxygen atoms in total. The number of hydrogen-bond donors (Lipinski definition) is 3. The van der Waals surface area contributed by atoms with E-state index in [4.69, 9.17) is 4.74 Å². The second kappa shape index (κ2) is 8.08. The quantitative estimate of drug-likeness (QED) is 0.561. The predicted octanol–water partition coefficient (Wildman–Crippen LogP) is 3.81. The number of urea groups is 1. The molecule has 2 rings (SSSR count). The van der Waals surface area contributed by atoms with Crippen LogP contribution in [0.1, 0.15) is 24.5 Å². The lowest BCUT2D eigenvalue weighted by Gasteiger charge is -2.11. The maximum Gasteiger partial charge on any atom is 0.321 e. The molecule has 0 saturated heterocycles. The Hall–Kier alpha value is -2.69. The number of carbonyl (C=O) groups is 1. The average molecular weight is 314 g/mol. The summed E-state index contributed by atoms with van der Waals surface area (Å²) in [6.07, 6.45) is 2.16. The monoisotopic (exact) mass is 314 g/mol. The van der Waals surface area contributed by atoms with E-state index < -0.39 is 0 Å². The van der Waals surface area contributed by atoms with Gasteiger partial charge < -0.3 is 20.5 Å². The number of rotatable bonds is 6. The van der Waals surface area contributed by atoms with Crippen LogP contribution in [0.4, 0.5) is 10.5 Å². The van der Waals surface area contributed by atoms with Crippen molar-refractivity contribution < 1.29 is 14.6 Å². The molecule has 2 aromatic carbocycles. The zero-order valence-corrected chi connectivity index (χ0v) is 13.4. The van der Waals surface area contributed by atoms with Crippen molar-refractivity contribution in [3.8, 4) is 11.5 Å². The number of phenols is 1. The van der Waals surface area contributed by atoms with Crippen molar-refractivity contribution in [2.45, 2.75) is 26.7 Å². The van der Waals surface area contributed by atoms with Gasteiger partial charge in [0.15, 0.2) is 6.73 Å². The predicted molar refractivity (Wildman–Crippen MR) is 90.9 cm³/mol. The Labute approximate surface area is 136 Å². The lowest BCUT2D eigenvalue weighted by Crippen LogP contribution is -2.32. The largest absolute Gasteiger partial charge is 0.508 e. The van der Waals surface area contributed by atoms with Gasteiger partial charge in [0.05, 0.1) is 0 Å². The maximum atomic E-state index is 11.8. The number of amides is 2. The van der Waals surface area contributed by atoms with Crippen LogP contribution >= 0.6 is 0 Å². The Balaban J connectivity index is 1.78. The Morgan fingerprint density at radius 2 is 1.91 bits per heavy atom. The van der Waals surface area contributed by atoms with Gasteiger partial charge in [0.2, 0.25) is 0 Å². The molecule has 0 heterocycles. The van der Waals surface area contributed by atoms with Crippen molar-refractivity contribution in [3.05, 3.63) is 53.6 Å². The lowest BCUT2D eigenvalue weighted by molar-refractivity contribution is 0.234. The van der Waals surface area contributed by atoms with E-state index in [1.54, 1.807) is 12.1 Å². The highest BCUT2D eigenvalue weighted by atomic mass is 16.5. The van der Waals surface area contributed by atoms with Crippen LogP contribution in [0, 0.1) is 6.92 Å². The Morgan fingerprint density at radius 1 is 1.17 bits per heavy atom. The van der Waals surface area contributed by atoms with Crippen LogP contribution < -0.4 is 15.4 Å². The second-order valence-corrected chi connectivity index (χ2v) is 5.31. The highest BCUT2D eigenvalue weighted by molar-refractivity contribution is 5.90. The molecule has 0 radical (unpaired) electrons. The summed E-state index contributed by atoms with van der Waals surface area (Å²) in [6, 6.07) is 12.3. The van der Waals surface area contributed by atoms with Crippen molar-refractivity contribution in [1.82, 2.24) is 5.32 Å². The molecule has 0 aliphatic carbocycles. The van der Waals surface area contributed by atoms with Crippen molar-refractivity contribution in [1.29, 1.82) is 0 Å². The number of hydrogen-bond acceptors (Lipinski definition) is 3. The SMILES string of the molecule is CCCc1ccc(OCNC(=O)Nc2ccc(O)cc2C)cc1. The third kappa shape index (κ3) is 5.21. The fourth-order valence-corrected chi connectivity index (χ4v) is 2.18.